The molecule has 0 fully saturated rings. The maximum absolute atomic E-state index is 13.5. The molecule has 1 aliphatic rings. The Labute approximate surface area is 224 Å². The van der Waals surface area contributed by atoms with Gasteiger partial charge in [-0.25, -0.2) is 0 Å². The number of para-hydroxylation sites is 1. The first-order valence-corrected chi connectivity index (χ1v) is 8.85. The van der Waals surface area contributed by atoms with Crippen LogP contribution in [0.5, 0.6) is 5.75 Å². The Bertz CT molecular complexity index is 879. The fourth-order valence-corrected chi connectivity index (χ4v) is 4.90. The molecule has 0 spiro atoms. The van der Waals surface area contributed by atoms with E-state index >= 15 is 0 Å². The van der Waals surface area contributed by atoms with Crippen LogP contribution in [0.15, 0.2) is 78.9 Å². The average Bonchev–Trinajstić information content (AvgIpc) is 2.56. The van der Waals surface area contributed by atoms with Crippen molar-refractivity contribution >= 4 is 12.7 Å². The predicted octanol–water partition coefficient (Wildman–Crippen LogP) is 4.85. The smallest absolute Gasteiger partial charge is 0.250 e. The van der Waals surface area contributed by atoms with E-state index < -0.39 is 7.37 Å². The molecule has 4 rings (SSSR count). The van der Waals surface area contributed by atoms with Crippen LogP contribution in [0.25, 0.3) is 11.1 Å². The fraction of sp³-hybridized carbons (Fsp3) is 0. The van der Waals surface area contributed by atoms with Crippen molar-refractivity contribution in [2.75, 3.05) is 0 Å². The summed E-state index contributed by atoms with van der Waals surface area (Å²) in [5.41, 5.74) is 2.88. The van der Waals surface area contributed by atoms with Crippen LogP contribution in [0, 0.1) is 6.16 Å². The van der Waals surface area contributed by atoms with Crippen molar-refractivity contribution in [3.05, 3.63) is 90.6 Å². The van der Waals surface area contributed by atoms with Crippen molar-refractivity contribution in [1.29, 1.82) is 0 Å². The molecule has 1 aliphatic heterocycles. The Hall–Kier alpha value is 0.872. The number of rotatable bonds is 2. The fourth-order valence-electron chi connectivity index (χ4n) is 2.77. The van der Waals surface area contributed by atoms with Crippen LogP contribution < -0.4 is 9.83 Å². The van der Waals surface area contributed by atoms with E-state index in [1.54, 1.807) is 6.16 Å². The molecule has 3 aromatic carbocycles. The zero-order chi connectivity index (χ0) is 15.0. The summed E-state index contributed by atoms with van der Waals surface area (Å²) in [6, 6.07) is 25.2. The molecule has 0 aliphatic carbocycles. The second kappa shape index (κ2) is 10.4. The molecule has 117 valence electrons. The minimum atomic E-state index is -3.08. The minimum Gasteiger partial charge on any atom is -0.444 e. The number of hydrogen-bond acceptors (Lipinski definition) is 2. The van der Waals surface area contributed by atoms with E-state index in [9.17, 15) is 4.57 Å². The van der Waals surface area contributed by atoms with Gasteiger partial charge in [0.15, 0.2) is 0 Å². The first kappa shape index (κ1) is 23.9. The van der Waals surface area contributed by atoms with E-state index in [0.717, 1.165) is 22.0 Å². The topological polar surface area (TPSA) is 26.3 Å². The molecule has 3 aromatic rings. The molecule has 1 unspecified atom stereocenters. The van der Waals surface area contributed by atoms with Crippen LogP contribution in [-0.4, -0.2) is 0 Å². The molecule has 2 nitrogen and oxygen atoms in total. The summed E-state index contributed by atoms with van der Waals surface area (Å²) in [7, 11) is -3.08. The quantitative estimate of drug-likeness (QED) is 0.325. The maximum Gasteiger partial charge on any atom is 0.250 e. The molecule has 0 N–H and O–H groups in total. The van der Waals surface area contributed by atoms with Crippen LogP contribution >= 0.6 is 7.37 Å². The first-order chi connectivity index (χ1) is 10.8. The van der Waals surface area contributed by atoms with Crippen LogP contribution in [-0.2, 0) is 103 Å². The second-order valence-corrected chi connectivity index (χ2v) is 7.36. The normalized spacial score (nSPS) is 16.5. The van der Waals surface area contributed by atoms with Gasteiger partial charge in [-0.1, -0.05) is 48.6 Å². The SMILES string of the molecule is O=P1([CH-]c2ccccc2)Oc2ccccc2-c2ccccc21.[Y].[Y].[Y]. The predicted molar refractivity (Wildman–Crippen MR) is 89.6 cm³/mol. The zero-order valence-electron chi connectivity index (χ0n) is 13.6. The van der Waals surface area contributed by atoms with Gasteiger partial charge in [-0.05, 0) is 17.7 Å². The molecule has 0 saturated carbocycles. The molecule has 1 atom stereocenters. The molecule has 25 heavy (non-hydrogen) atoms. The van der Waals surface area contributed by atoms with Crippen LogP contribution in [0.4, 0.5) is 0 Å². The van der Waals surface area contributed by atoms with Crippen LogP contribution in [0.3, 0.4) is 0 Å². The third kappa shape index (κ3) is 5.03. The molecule has 0 aromatic heterocycles. The average molecular weight is 572 g/mol. The molecule has 0 amide bonds. The van der Waals surface area contributed by atoms with Crippen molar-refractivity contribution in [2.24, 2.45) is 0 Å². The Kier molecular flexibility index (Phi) is 9.97. The van der Waals surface area contributed by atoms with Gasteiger partial charge in [0.1, 0.15) is 5.75 Å². The van der Waals surface area contributed by atoms with E-state index in [1.807, 2.05) is 78.9 Å². The Balaban J connectivity index is 0.00000104. The number of fused-ring (bicyclic) bond motifs is 3. The van der Waals surface area contributed by atoms with E-state index in [1.165, 1.54) is 0 Å². The Morgan fingerprint density at radius 3 is 1.96 bits per heavy atom. The van der Waals surface area contributed by atoms with Gasteiger partial charge < -0.3 is 4.52 Å². The minimum absolute atomic E-state index is 0. The van der Waals surface area contributed by atoms with Crippen molar-refractivity contribution in [3.8, 4) is 16.9 Å². The first-order valence-electron chi connectivity index (χ1n) is 7.16. The monoisotopic (exact) mass is 572 g/mol. The van der Waals surface area contributed by atoms with E-state index in [-0.39, 0.29) is 98.1 Å². The maximum atomic E-state index is 13.5. The van der Waals surface area contributed by atoms with E-state index in [0.29, 0.717) is 5.75 Å². The molecular weight excluding hydrogens is 558 g/mol. The van der Waals surface area contributed by atoms with Gasteiger partial charge in [-0.2, -0.15) is 17.7 Å². The van der Waals surface area contributed by atoms with E-state index in [2.05, 4.69) is 0 Å². The van der Waals surface area contributed by atoms with Crippen LogP contribution in [0.1, 0.15) is 5.56 Å². The summed E-state index contributed by atoms with van der Waals surface area (Å²) in [6.45, 7) is 0. The van der Waals surface area contributed by atoms with Gasteiger partial charge in [-0.15, -0.1) is 12.1 Å². The van der Waals surface area contributed by atoms with Gasteiger partial charge in [0.05, 0.1) is 0 Å². The van der Waals surface area contributed by atoms with Gasteiger partial charge in [0.25, 0.3) is 7.37 Å². The number of hydrogen-bond donors (Lipinski definition) is 0. The largest absolute Gasteiger partial charge is 0.444 e. The van der Waals surface area contributed by atoms with Crippen molar-refractivity contribution in [2.45, 2.75) is 0 Å². The second-order valence-electron chi connectivity index (χ2n) is 5.24. The summed E-state index contributed by atoms with van der Waals surface area (Å²) in [5, 5.41) is 0.762. The molecule has 1 heterocycles. The van der Waals surface area contributed by atoms with Gasteiger partial charge in [-0.3, -0.25) is 4.57 Å². The molecule has 0 saturated heterocycles. The third-order valence-electron chi connectivity index (χ3n) is 3.77. The molecular formula is C19H14O2PY3-. The Morgan fingerprint density at radius 1 is 0.680 bits per heavy atom. The Morgan fingerprint density at radius 2 is 1.24 bits per heavy atom. The molecule has 0 bridgehead atoms. The van der Waals surface area contributed by atoms with Crippen LogP contribution in [0.2, 0.25) is 0 Å². The van der Waals surface area contributed by atoms with Crippen molar-refractivity contribution in [3.63, 3.8) is 0 Å². The molecule has 3 radical (unpaired) electrons. The summed E-state index contributed by atoms with van der Waals surface area (Å²) in [5.74, 6) is 0.678. The van der Waals surface area contributed by atoms with E-state index in [4.69, 9.17) is 4.52 Å². The summed E-state index contributed by atoms with van der Waals surface area (Å²) >= 11 is 0. The van der Waals surface area contributed by atoms with Crippen molar-refractivity contribution in [1.82, 2.24) is 0 Å². The number of benzene rings is 3. The standard InChI is InChI=1S/C19H14O2P.3Y/c20-22(14-15-8-2-1-3-9-15)19-13-7-5-11-17(19)16-10-4-6-12-18(16)21-22;;;/h1-14H;;;/q-1;;;. The van der Waals surface area contributed by atoms with Gasteiger partial charge in [0.2, 0.25) is 0 Å². The third-order valence-corrected chi connectivity index (χ3v) is 5.94. The van der Waals surface area contributed by atoms with Gasteiger partial charge >= 0.3 is 0 Å². The van der Waals surface area contributed by atoms with Crippen molar-refractivity contribution < 1.29 is 107 Å². The van der Waals surface area contributed by atoms with Gasteiger partial charge in [0, 0.05) is 109 Å². The molecule has 6 heteroatoms. The summed E-state index contributed by atoms with van der Waals surface area (Å²) in [4.78, 5) is 0. The zero-order valence-corrected chi connectivity index (χ0v) is 23.0. The summed E-state index contributed by atoms with van der Waals surface area (Å²) in [6.07, 6.45) is 1.75. The summed E-state index contributed by atoms with van der Waals surface area (Å²) < 4.78 is 19.5.